The van der Waals surface area contributed by atoms with Gasteiger partial charge in [0.2, 0.25) is 0 Å². The van der Waals surface area contributed by atoms with Crippen LogP contribution in [0.3, 0.4) is 0 Å². The second kappa shape index (κ2) is 8.09. The number of carbonyl (C=O) groups excluding carboxylic acids is 2. The summed E-state index contributed by atoms with van der Waals surface area (Å²) in [6, 6.07) is 4.26. The van der Waals surface area contributed by atoms with Crippen molar-refractivity contribution in [1.29, 1.82) is 0 Å². The monoisotopic (exact) mass is 393 g/mol. The van der Waals surface area contributed by atoms with Crippen molar-refractivity contribution in [2.24, 2.45) is 0 Å². The third-order valence-corrected chi connectivity index (χ3v) is 4.79. The minimum absolute atomic E-state index is 0.00806. The molecule has 1 aromatic carbocycles. The molecular formula is C18H19NO7S. The van der Waals surface area contributed by atoms with E-state index in [2.05, 4.69) is 0 Å². The molecule has 0 amide bonds. The third-order valence-electron chi connectivity index (χ3n) is 3.70. The number of hydrogen-bond acceptors (Lipinski definition) is 8. The van der Waals surface area contributed by atoms with Gasteiger partial charge in [-0.3, -0.25) is 0 Å². The minimum atomic E-state index is -3.55. The van der Waals surface area contributed by atoms with Gasteiger partial charge in [0.15, 0.2) is 9.84 Å². The number of carbonyl (C=O) groups is 2. The van der Waals surface area contributed by atoms with E-state index in [0.29, 0.717) is 0 Å². The molecule has 0 saturated carbocycles. The van der Waals surface area contributed by atoms with E-state index in [-0.39, 0.29) is 27.6 Å². The Bertz CT molecular complexity index is 958. The van der Waals surface area contributed by atoms with Gasteiger partial charge in [0.1, 0.15) is 11.4 Å². The summed E-state index contributed by atoms with van der Waals surface area (Å²) in [6.45, 7) is 0. The van der Waals surface area contributed by atoms with Gasteiger partial charge in [-0.05, 0) is 24.3 Å². The Labute approximate surface area is 157 Å². The van der Waals surface area contributed by atoms with Crippen molar-refractivity contribution in [1.82, 2.24) is 0 Å². The molecule has 2 rings (SSSR count). The first kappa shape index (κ1) is 20.2. The van der Waals surface area contributed by atoms with E-state index in [1.54, 1.807) is 12.2 Å². The molecule has 0 bridgehead atoms. The molecule has 1 aliphatic heterocycles. The van der Waals surface area contributed by atoms with E-state index in [0.717, 1.165) is 6.26 Å². The van der Waals surface area contributed by atoms with Gasteiger partial charge in [0, 0.05) is 18.5 Å². The van der Waals surface area contributed by atoms with Gasteiger partial charge < -0.3 is 19.1 Å². The zero-order chi connectivity index (χ0) is 20.2. The van der Waals surface area contributed by atoms with E-state index in [4.69, 9.17) is 14.2 Å². The van der Waals surface area contributed by atoms with Crippen LogP contribution in [0.15, 0.2) is 58.8 Å². The molecule has 0 saturated heterocycles. The fourth-order valence-corrected chi connectivity index (χ4v) is 3.06. The predicted molar refractivity (Wildman–Crippen MR) is 97.9 cm³/mol. The zero-order valence-corrected chi connectivity index (χ0v) is 16.1. The number of hydrogen-bond donors (Lipinski definition) is 0. The maximum atomic E-state index is 12.4. The maximum Gasteiger partial charge on any atom is 0.355 e. The van der Waals surface area contributed by atoms with Gasteiger partial charge in [-0.25, -0.2) is 18.0 Å². The molecule has 8 nitrogen and oxygen atoms in total. The van der Waals surface area contributed by atoms with E-state index in [1.807, 2.05) is 0 Å². The number of sulfone groups is 1. The predicted octanol–water partition coefficient (Wildman–Crippen LogP) is 1.59. The average Bonchev–Trinajstić information content (AvgIpc) is 2.88. The highest BCUT2D eigenvalue weighted by molar-refractivity contribution is 7.90. The Morgan fingerprint density at radius 2 is 1.63 bits per heavy atom. The smallest absolute Gasteiger partial charge is 0.355 e. The van der Waals surface area contributed by atoms with Crippen LogP contribution < -0.4 is 9.64 Å². The number of esters is 2. The summed E-state index contributed by atoms with van der Waals surface area (Å²) < 4.78 is 38.8. The second-order valence-corrected chi connectivity index (χ2v) is 7.47. The lowest BCUT2D eigenvalue weighted by Gasteiger charge is -2.24. The van der Waals surface area contributed by atoms with Crippen LogP contribution in [0.5, 0.6) is 5.75 Å². The van der Waals surface area contributed by atoms with Gasteiger partial charge >= 0.3 is 11.9 Å². The van der Waals surface area contributed by atoms with Gasteiger partial charge in [0.25, 0.3) is 0 Å². The summed E-state index contributed by atoms with van der Waals surface area (Å²) in [5.41, 5.74) is 0.122. The molecule has 0 atom stereocenters. The Hall–Kier alpha value is -3.07. The number of ether oxygens (including phenoxy) is 3. The van der Waals surface area contributed by atoms with Crippen molar-refractivity contribution in [2.75, 3.05) is 32.5 Å². The highest BCUT2D eigenvalue weighted by atomic mass is 32.2. The third kappa shape index (κ3) is 4.37. The van der Waals surface area contributed by atoms with Crippen LogP contribution in [0, 0.1) is 0 Å². The molecule has 1 aromatic rings. The van der Waals surface area contributed by atoms with Crippen LogP contribution in [0.1, 0.15) is 0 Å². The van der Waals surface area contributed by atoms with E-state index < -0.39 is 21.8 Å². The van der Waals surface area contributed by atoms with Crippen LogP contribution in [-0.2, 0) is 28.9 Å². The van der Waals surface area contributed by atoms with Crippen LogP contribution in [0.2, 0.25) is 0 Å². The highest BCUT2D eigenvalue weighted by Gasteiger charge is 2.28. The number of rotatable bonds is 5. The summed E-state index contributed by atoms with van der Waals surface area (Å²) in [4.78, 5) is 25.9. The van der Waals surface area contributed by atoms with Crippen molar-refractivity contribution >= 4 is 27.5 Å². The summed E-state index contributed by atoms with van der Waals surface area (Å²) in [7, 11) is 0.200. The Balaban J connectivity index is 2.78. The molecular weight excluding hydrogens is 374 g/mol. The topological polar surface area (TPSA) is 99.2 Å². The molecule has 0 aliphatic carbocycles. The van der Waals surface area contributed by atoms with E-state index >= 15 is 0 Å². The van der Waals surface area contributed by atoms with Crippen molar-refractivity contribution in [2.45, 2.75) is 4.90 Å². The first-order valence-corrected chi connectivity index (χ1v) is 9.56. The number of nitrogens with zero attached hydrogens (tertiary/aromatic N) is 1. The van der Waals surface area contributed by atoms with Gasteiger partial charge in [-0.15, -0.1) is 0 Å². The van der Waals surface area contributed by atoms with Crippen molar-refractivity contribution < 1.29 is 32.2 Å². The number of anilines is 1. The molecule has 27 heavy (non-hydrogen) atoms. The molecule has 1 aliphatic rings. The SMILES string of the molecule is COC(=O)C1=C(C(=O)OC)N(c2cc(OC)cc(S(C)(=O)=O)c2)C=CC=C1. The Morgan fingerprint density at radius 1 is 0.963 bits per heavy atom. The lowest BCUT2D eigenvalue weighted by molar-refractivity contribution is -0.139. The quantitative estimate of drug-likeness (QED) is 0.696. The highest BCUT2D eigenvalue weighted by Crippen LogP contribution is 2.31. The summed E-state index contributed by atoms with van der Waals surface area (Å²) in [5, 5.41) is 0. The van der Waals surface area contributed by atoms with Crippen LogP contribution in [0.4, 0.5) is 5.69 Å². The Kier molecular flexibility index (Phi) is 6.06. The first-order chi connectivity index (χ1) is 12.7. The summed E-state index contributed by atoms with van der Waals surface area (Å²) >= 11 is 0. The van der Waals surface area contributed by atoms with Gasteiger partial charge in [-0.2, -0.15) is 0 Å². The molecule has 0 N–H and O–H groups in total. The molecule has 144 valence electrons. The van der Waals surface area contributed by atoms with Crippen LogP contribution in [0.25, 0.3) is 0 Å². The minimum Gasteiger partial charge on any atom is -0.497 e. The standard InChI is InChI=1S/C18H19NO7S/c1-24-13-9-12(10-14(11-13)27(4,22)23)19-8-6-5-7-15(17(20)25-2)16(19)18(21)26-3/h5-11H,1-4H3. The number of methoxy groups -OCH3 is 3. The van der Waals surface area contributed by atoms with Crippen LogP contribution >= 0.6 is 0 Å². The molecule has 0 aromatic heterocycles. The lowest BCUT2D eigenvalue weighted by atomic mass is 10.1. The van der Waals surface area contributed by atoms with Crippen LogP contribution in [-0.4, -0.2) is 47.9 Å². The normalized spacial score (nSPS) is 14.0. The fraction of sp³-hybridized carbons (Fsp3) is 0.222. The lowest BCUT2D eigenvalue weighted by Crippen LogP contribution is -2.27. The number of benzene rings is 1. The molecule has 0 radical (unpaired) electrons. The van der Waals surface area contributed by atoms with Crippen molar-refractivity contribution in [3.05, 3.63) is 53.9 Å². The first-order valence-electron chi connectivity index (χ1n) is 7.67. The average molecular weight is 393 g/mol. The van der Waals surface area contributed by atoms with Gasteiger partial charge in [-0.1, -0.05) is 6.08 Å². The van der Waals surface area contributed by atoms with Gasteiger partial charge in [0.05, 0.1) is 37.5 Å². The largest absolute Gasteiger partial charge is 0.497 e. The summed E-state index contributed by atoms with van der Waals surface area (Å²) in [6.07, 6.45) is 7.10. The maximum absolute atomic E-state index is 12.4. The van der Waals surface area contributed by atoms with Crippen molar-refractivity contribution in [3.63, 3.8) is 0 Å². The fourth-order valence-electron chi connectivity index (χ4n) is 2.39. The Morgan fingerprint density at radius 3 is 2.19 bits per heavy atom. The molecule has 0 unspecified atom stereocenters. The molecule has 0 spiro atoms. The van der Waals surface area contributed by atoms with E-state index in [9.17, 15) is 18.0 Å². The molecule has 9 heteroatoms. The number of allylic oxidation sites excluding steroid dienone is 2. The second-order valence-electron chi connectivity index (χ2n) is 5.45. The summed E-state index contributed by atoms with van der Waals surface area (Å²) in [5.74, 6) is -1.27. The van der Waals surface area contributed by atoms with Crippen molar-refractivity contribution in [3.8, 4) is 5.75 Å². The van der Waals surface area contributed by atoms with E-state index in [1.165, 1.54) is 56.7 Å². The molecule has 1 heterocycles. The molecule has 0 fully saturated rings. The zero-order valence-electron chi connectivity index (χ0n) is 15.3.